The Morgan fingerprint density at radius 2 is 0.636 bits per heavy atom. The van der Waals surface area contributed by atoms with Gasteiger partial charge < -0.3 is 42.6 Å². The van der Waals surface area contributed by atoms with Crippen LogP contribution in [0.4, 0.5) is 0 Å². The summed E-state index contributed by atoms with van der Waals surface area (Å²) in [6.45, 7) is 1.12. The van der Waals surface area contributed by atoms with E-state index in [1.165, 1.54) is 7.11 Å². The topological polar surface area (TPSA) is 283 Å². The molecule has 0 spiro atoms. The molecular weight excluding hydrogens is 997 g/mol. The molecule has 0 amide bonds. The normalized spacial score (nSPS) is 22.3. The molecular formula is C56H50N6O15. The minimum Gasteiger partial charge on any atom is -0.452 e. The maximum atomic E-state index is 13.2. The number of nitrogens with zero attached hydrogens (tertiary/aromatic N) is 6. The van der Waals surface area contributed by atoms with Gasteiger partial charge in [-0.1, -0.05) is 119 Å². The van der Waals surface area contributed by atoms with Gasteiger partial charge in [0.15, 0.2) is 42.9 Å². The van der Waals surface area contributed by atoms with Crippen molar-refractivity contribution in [1.82, 2.24) is 0 Å². The lowest BCUT2D eigenvalue weighted by molar-refractivity contribution is -0.285. The van der Waals surface area contributed by atoms with Crippen molar-refractivity contribution < 1.29 is 71.4 Å². The number of azide groups is 2. The SMILES string of the molecule is CO[C@H]1OC(CN=[N+]=[N-])[C@@H](OC(=O)c2ccccc2)[C@H](OC(=O)c2ccccc2)C1OC(=O)c1ccccc1.C[C@H]1OC(CN=[N+]=[N-])[C@@H](OC(=O)c2ccccc2)[C@H](OC(=O)c2ccccc2)C1OC(=O)c1ccccc1. The van der Waals surface area contributed by atoms with Gasteiger partial charge in [-0.25, -0.2) is 28.8 Å². The van der Waals surface area contributed by atoms with Crippen LogP contribution in [0.25, 0.3) is 20.9 Å². The molecule has 4 unspecified atom stereocenters. The molecule has 77 heavy (non-hydrogen) atoms. The van der Waals surface area contributed by atoms with Crippen molar-refractivity contribution in [2.75, 3.05) is 20.2 Å². The Labute approximate surface area is 440 Å². The maximum absolute atomic E-state index is 13.2. The van der Waals surface area contributed by atoms with Gasteiger partial charge in [-0.2, -0.15) is 0 Å². The second-order valence-corrected chi connectivity index (χ2v) is 16.9. The fourth-order valence-corrected chi connectivity index (χ4v) is 8.13. The molecule has 21 nitrogen and oxygen atoms in total. The number of benzene rings is 6. The van der Waals surface area contributed by atoms with Gasteiger partial charge in [-0.15, -0.1) is 0 Å². The Bertz CT molecular complexity index is 3030. The van der Waals surface area contributed by atoms with Crippen LogP contribution in [0.5, 0.6) is 0 Å². The average molecular weight is 1050 g/mol. The second-order valence-electron chi connectivity index (χ2n) is 16.9. The molecule has 0 N–H and O–H groups in total. The first-order valence-electron chi connectivity index (χ1n) is 23.9. The van der Waals surface area contributed by atoms with Crippen LogP contribution in [0.1, 0.15) is 69.1 Å². The molecule has 0 aliphatic carbocycles. The van der Waals surface area contributed by atoms with E-state index in [0.717, 1.165) is 0 Å². The Balaban J connectivity index is 0.000000224. The van der Waals surface area contributed by atoms with Gasteiger partial charge >= 0.3 is 35.8 Å². The third-order valence-electron chi connectivity index (χ3n) is 11.9. The highest BCUT2D eigenvalue weighted by Gasteiger charge is 2.53. The van der Waals surface area contributed by atoms with Crippen molar-refractivity contribution in [3.8, 4) is 0 Å². The van der Waals surface area contributed by atoms with Crippen molar-refractivity contribution in [1.29, 1.82) is 0 Å². The molecule has 2 fully saturated rings. The fourth-order valence-electron chi connectivity index (χ4n) is 8.13. The number of carbonyl (C=O) groups is 6. The van der Waals surface area contributed by atoms with E-state index >= 15 is 0 Å². The van der Waals surface area contributed by atoms with E-state index in [0.29, 0.717) is 0 Å². The van der Waals surface area contributed by atoms with Crippen molar-refractivity contribution >= 4 is 35.8 Å². The molecule has 21 heteroatoms. The molecule has 2 saturated heterocycles. The number of hydrogen-bond donors (Lipinski definition) is 0. The number of ether oxygens (including phenoxy) is 9. The van der Waals surface area contributed by atoms with E-state index in [1.807, 2.05) is 0 Å². The van der Waals surface area contributed by atoms with Gasteiger partial charge in [-0.05, 0) is 90.8 Å². The Morgan fingerprint density at radius 3 is 0.922 bits per heavy atom. The van der Waals surface area contributed by atoms with Crippen LogP contribution >= 0.6 is 0 Å². The number of hydrogen-bond acceptors (Lipinski definition) is 17. The van der Waals surface area contributed by atoms with E-state index in [9.17, 15) is 28.8 Å². The zero-order chi connectivity index (χ0) is 54.5. The zero-order valence-corrected chi connectivity index (χ0v) is 41.3. The first-order chi connectivity index (χ1) is 37.5. The lowest BCUT2D eigenvalue weighted by atomic mass is 9.94. The third kappa shape index (κ3) is 14.9. The highest BCUT2D eigenvalue weighted by Crippen LogP contribution is 2.33. The van der Waals surface area contributed by atoms with E-state index in [2.05, 4.69) is 20.1 Å². The lowest BCUT2D eigenvalue weighted by Crippen LogP contribution is -2.62. The van der Waals surface area contributed by atoms with Crippen LogP contribution in [0, 0.1) is 0 Å². The molecule has 10 atom stereocenters. The van der Waals surface area contributed by atoms with Gasteiger partial charge in [0.05, 0.1) is 52.6 Å². The van der Waals surface area contributed by atoms with Crippen molar-refractivity contribution in [3.63, 3.8) is 0 Å². The van der Waals surface area contributed by atoms with Gasteiger partial charge in [0.1, 0.15) is 12.2 Å². The zero-order valence-electron chi connectivity index (χ0n) is 41.3. The summed E-state index contributed by atoms with van der Waals surface area (Å²) < 4.78 is 52.1. The van der Waals surface area contributed by atoms with E-state index in [-0.39, 0.29) is 46.5 Å². The minimum absolute atomic E-state index is 0.214. The Hall–Kier alpha value is -9.36. The van der Waals surface area contributed by atoms with Crippen LogP contribution < -0.4 is 0 Å². The van der Waals surface area contributed by atoms with Crippen molar-refractivity contribution in [2.24, 2.45) is 10.2 Å². The monoisotopic (exact) mass is 1050 g/mol. The van der Waals surface area contributed by atoms with Crippen LogP contribution in [-0.2, 0) is 42.6 Å². The summed E-state index contributed by atoms with van der Waals surface area (Å²) in [5.41, 5.74) is 19.3. The molecule has 394 valence electrons. The van der Waals surface area contributed by atoms with E-state index in [1.54, 1.807) is 189 Å². The van der Waals surface area contributed by atoms with Crippen LogP contribution in [0.2, 0.25) is 0 Å². The molecule has 8 rings (SSSR count). The van der Waals surface area contributed by atoms with Crippen LogP contribution in [0.3, 0.4) is 0 Å². The number of esters is 6. The quantitative estimate of drug-likeness (QED) is 0.0271. The Kier molecular flexibility index (Phi) is 20.0. The number of methoxy groups -OCH3 is 1. The summed E-state index contributed by atoms with van der Waals surface area (Å²) in [5.74, 6) is -4.36. The summed E-state index contributed by atoms with van der Waals surface area (Å²) in [6, 6.07) is 49.2. The summed E-state index contributed by atoms with van der Waals surface area (Å²) in [6.07, 6.45) is -11.9. The van der Waals surface area contributed by atoms with Gasteiger partial charge in [0, 0.05) is 16.9 Å². The average Bonchev–Trinajstić information content (AvgIpc) is 3.48. The van der Waals surface area contributed by atoms with E-state index < -0.39 is 97.0 Å². The molecule has 0 radical (unpaired) electrons. The minimum atomic E-state index is -1.39. The highest BCUT2D eigenvalue weighted by molar-refractivity contribution is 5.92. The fraction of sp³-hybridized carbons (Fsp3) is 0.250. The lowest BCUT2D eigenvalue weighted by Gasteiger charge is -2.44. The predicted molar refractivity (Wildman–Crippen MR) is 272 cm³/mol. The smallest absolute Gasteiger partial charge is 0.338 e. The molecule has 2 aliphatic rings. The molecule has 2 heterocycles. The summed E-state index contributed by atoms with van der Waals surface area (Å²) >= 11 is 0. The molecule has 0 bridgehead atoms. The van der Waals surface area contributed by atoms with Crippen LogP contribution in [-0.4, -0.2) is 117 Å². The molecule has 6 aromatic carbocycles. The Morgan fingerprint density at radius 1 is 0.390 bits per heavy atom. The molecule has 0 saturated carbocycles. The number of rotatable bonds is 17. The maximum Gasteiger partial charge on any atom is 0.338 e. The van der Waals surface area contributed by atoms with E-state index in [4.69, 9.17) is 53.7 Å². The van der Waals surface area contributed by atoms with Gasteiger partial charge in [0.25, 0.3) is 0 Å². The summed E-state index contributed by atoms with van der Waals surface area (Å²) in [4.78, 5) is 83.9. The largest absolute Gasteiger partial charge is 0.452 e. The third-order valence-corrected chi connectivity index (χ3v) is 11.9. The standard InChI is InChI=1S/C28H25N3O8.C28H25N3O7/c1-35-28-24(39-27(34)20-15-9-4-10-16-20)23(38-26(33)19-13-7-3-8-14-19)22(21(36-28)17-30-31-29)37-25(32)18-11-5-2-6-12-18;1-18-23(36-26(32)19-11-5-2-6-12-19)25(38-28(34)21-15-9-4-10-16-21)24(22(35-18)17-30-31-29)37-27(33)20-13-7-3-8-14-20/h2-16,21-24,28H,17H2,1H3;2-16,18,22-25H,17H2,1H3/t21?,22-,23+,24?,28+;18-,22?,23?,24-,25-/m11/s1. The van der Waals surface area contributed by atoms with Crippen LogP contribution in [0.15, 0.2) is 192 Å². The predicted octanol–water partition coefficient (Wildman–Crippen LogP) is 9.11. The van der Waals surface area contributed by atoms with Crippen molar-refractivity contribution in [3.05, 3.63) is 236 Å². The highest BCUT2D eigenvalue weighted by atomic mass is 16.7. The van der Waals surface area contributed by atoms with Gasteiger partial charge in [-0.3, -0.25) is 0 Å². The molecule has 2 aliphatic heterocycles. The first-order valence-corrected chi connectivity index (χ1v) is 23.9. The number of carbonyl (C=O) groups excluding carboxylic acids is 6. The molecule has 0 aromatic heterocycles. The van der Waals surface area contributed by atoms with Gasteiger partial charge in [0.2, 0.25) is 0 Å². The molecule has 6 aromatic rings. The second kappa shape index (κ2) is 27.8. The van der Waals surface area contributed by atoms with Crippen molar-refractivity contribution in [2.45, 2.75) is 68.1 Å². The summed E-state index contributed by atoms with van der Waals surface area (Å²) in [5, 5.41) is 7.14. The summed E-state index contributed by atoms with van der Waals surface area (Å²) in [7, 11) is 1.31. The first kappa shape index (κ1) is 55.4.